The average molecular weight is 371 g/mol. The van der Waals surface area contributed by atoms with Gasteiger partial charge in [0, 0.05) is 25.7 Å². The molecule has 0 N–H and O–H groups in total. The second-order valence-electron chi connectivity index (χ2n) is 8.84. The number of rotatable bonds is 10. The van der Waals surface area contributed by atoms with Crippen LogP contribution >= 0.6 is 11.6 Å². The maximum atomic E-state index is 6.32. The van der Waals surface area contributed by atoms with Gasteiger partial charge in [0.05, 0.1) is 5.41 Å². The Balaban J connectivity index is 4.91. The first-order chi connectivity index (χ1) is 9.18. The molecule has 0 saturated carbocycles. The molecular weight excluding hydrogens is 336 g/mol. The Labute approximate surface area is 140 Å². The van der Waals surface area contributed by atoms with Gasteiger partial charge in [-0.1, -0.05) is 0 Å². The Morgan fingerprint density at radius 1 is 0.619 bits per heavy atom. The van der Waals surface area contributed by atoms with E-state index >= 15 is 0 Å². The summed E-state index contributed by atoms with van der Waals surface area (Å²) in [6, 6.07) is 0. The highest BCUT2D eigenvalue weighted by atomic mass is 35.5. The number of hydrogen-bond acceptors (Lipinski definition) is 3. The third-order valence-electron chi connectivity index (χ3n) is 2.72. The van der Waals surface area contributed by atoms with Crippen LogP contribution in [0.25, 0.3) is 0 Å². The van der Waals surface area contributed by atoms with Gasteiger partial charge in [-0.15, -0.1) is 11.6 Å². The van der Waals surface area contributed by atoms with Crippen molar-refractivity contribution in [2.24, 2.45) is 5.41 Å². The summed E-state index contributed by atoms with van der Waals surface area (Å²) in [5, 5.41) is 0. The van der Waals surface area contributed by atoms with Gasteiger partial charge in [-0.05, 0) is 58.9 Å². The lowest BCUT2D eigenvalue weighted by Crippen LogP contribution is -2.47. The summed E-state index contributed by atoms with van der Waals surface area (Å²) < 4.78 is 18.4. The molecule has 0 aliphatic rings. The molecule has 0 aliphatic carbocycles. The molecule has 0 amide bonds. The van der Waals surface area contributed by atoms with E-state index in [0.717, 1.165) is 0 Å². The van der Waals surface area contributed by atoms with Crippen molar-refractivity contribution >= 4 is 36.6 Å². The highest BCUT2D eigenvalue weighted by Crippen LogP contribution is 2.26. The molecule has 0 aromatic rings. The van der Waals surface area contributed by atoms with E-state index in [9.17, 15) is 0 Å². The Bertz CT molecular complexity index is 261. The minimum absolute atomic E-state index is 0.234. The van der Waals surface area contributed by atoms with Crippen molar-refractivity contribution < 1.29 is 13.3 Å². The second-order valence-corrected chi connectivity index (χ2v) is 22.6. The molecule has 0 spiro atoms. The van der Waals surface area contributed by atoms with Crippen molar-refractivity contribution in [1.29, 1.82) is 0 Å². The molecular formula is C14H35ClO3Si3. The molecule has 0 rings (SSSR count). The van der Waals surface area contributed by atoms with E-state index in [4.69, 9.17) is 24.9 Å². The van der Waals surface area contributed by atoms with Crippen LogP contribution in [0.1, 0.15) is 0 Å². The highest BCUT2D eigenvalue weighted by Gasteiger charge is 2.36. The summed E-state index contributed by atoms with van der Waals surface area (Å²) in [6.45, 7) is 21.7. The zero-order valence-corrected chi connectivity index (χ0v) is 19.2. The van der Waals surface area contributed by atoms with Crippen molar-refractivity contribution in [3.8, 4) is 0 Å². The van der Waals surface area contributed by atoms with E-state index in [1.807, 2.05) is 0 Å². The maximum absolute atomic E-state index is 6.32. The lowest BCUT2D eigenvalue weighted by molar-refractivity contribution is 0.0422. The molecule has 21 heavy (non-hydrogen) atoms. The third-order valence-corrected chi connectivity index (χ3v) is 6.32. The molecule has 0 atom stereocenters. The van der Waals surface area contributed by atoms with Crippen molar-refractivity contribution in [2.45, 2.75) is 58.9 Å². The van der Waals surface area contributed by atoms with Crippen LogP contribution in [0.5, 0.6) is 0 Å². The quantitative estimate of drug-likeness (QED) is 0.409. The predicted molar refractivity (Wildman–Crippen MR) is 101 cm³/mol. The van der Waals surface area contributed by atoms with Crippen LogP contribution in [-0.4, -0.2) is 50.7 Å². The Morgan fingerprint density at radius 3 is 1.00 bits per heavy atom. The standard InChI is InChI=1S/C14H35ClO3Si3/c1-19(2,3)16-11-14(10-15,12-17-20(4,5)6)13-18-21(7,8)9/h10-13H2,1-9H3. The van der Waals surface area contributed by atoms with Crippen LogP contribution in [-0.2, 0) is 13.3 Å². The minimum Gasteiger partial charge on any atom is -0.417 e. The first-order valence-corrected chi connectivity index (χ1v) is 18.4. The summed E-state index contributed by atoms with van der Waals surface area (Å²) in [5.41, 5.74) is -0.234. The second kappa shape index (κ2) is 8.08. The molecule has 0 bridgehead atoms. The Kier molecular flexibility index (Phi) is 8.39. The van der Waals surface area contributed by atoms with Crippen molar-refractivity contribution in [1.82, 2.24) is 0 Å². The van der Waals surface area contributed by atoms with Crippen LogP contribution in [0.3, 0.4) is 0 Å². The van der Waals surface area contributed by atoms with Crippen LogP contribution in [0.2, 0.25) is 58.9 Å². The molecule has 0 saturated heterocycles. The summed E-state index contributed by atoms with van der Waals surface area (Å²) in [4.78, 5) is 0. The molecule has 0 unspecified atom stereocenters. The molecule has 0 aromatic carbocycles. The van der Waals surface area contributed by atoms with Crippen LogP contribution in [0.4, 0.5) is 0 Å². The van der Waals surface area contributed by atoms with Gasteiger partial charge in [0.25, 0.3) is 0 Å². The SMILES string of the molecule is C[Si](C)(C)OCC(CCl)(CO[Si](C)(C)C)CO[Si](C)(C)C. The van der Waals surface area contributed by atoms with Gasteiger partial charge in [-0.3, -0.25) is 0 Å². The molecule has 128 valence electrons. The van der Waals surface area contributed by atoms with E-state index in [0.29, 0.717) is 25.7 Å². The summed E-state index contributed by atoms with van der Waals surface area (Å²) >= 11 is 6.32. The number of alkyl halides is 1. The molecule has 3 nitrogen and oxygen atoms in total. The number of hydrogen-bond donors (Lipinski definition) is 0. The van der Waals surface area contributed by atoms with Crippen LogP contribution < -0.4 is 0 Å². The normalized spacial score (nSPS) is 14.6. The lowest BCUT2D eigenvalue weighted by Gasteiger charge is -2.37. The van der Waals surface area contributed by atoms with Crippen molar-refractivity contribution in [3.05, 3.63) is 0 Å². The largest absolute Gasteiger partial charge is 0.417 e. The van der Waals surface area contributed by atoms with E-state index < -0.39 is 25.0 Å². The van der Waals surface area contributed by atoms with E-state index in [1.54, 1.807) is 0 Å². The monoisotopic (exact) mass is 370 g/mol. The van der Waals surface area contributed by atoms with Crippen LogP contribution in [0, 0.1) is 5.41 Å². The predicted octanol–water partition coefficient (Wildman–Crippen LogP) is 4.77. The lowest BCUT2D eigenvalue weighted by atomic mass is 9.94. The summed E-state index contributed by atoms with van der Waals surface area (Å²) in [6.07, 6.45) is 0. The fraction of sp³-hybridized carbons (Fsp3) is 1.00. The highest BCUT2D eigenvalue weighted by molar-refractivity contribution is 6.70. The van der Waals surface area contributed by atoms with Crippen molar-refractivity contribution in [3.63, 3.8) is 0 Å². The van der Waals surface area contributed by atoms with E-state index in [-0.39, 0.29) is 5.41 Å². The number of halogens is 1. The van der Waals surface area contributed by atoms with E-state index in [2.05, 4.69) is 58.9 Å². The van der Waals surface area contributed by atoms with Gasteiger partial charge in [0.1, 0.15) is 0 Å². The van der Waals surface area contributed by atoms with Gasteiger partial charge >= 0.3 is 0 Å². The minimum atomic E-state index is -1.58. The van der Waals surface area contributed by atoms with Gasteiger partial charge in [-0.25, -0.2) is 0 Å². The Hall–Kier alpha value is 0.821. The molecule has 0 aliphatic heterocycles. The summed E-state index contributed by atoms with van der Waals surface area (Å²) in [5.74, 6) is 0.506. The molecule has 0 fully saturated rings. The summed E-state index contributed by atoms with van der Waals surface area (Å²) in [7, 11) is -4.74. The first kappa shape index (κ1) is 21.8. The van der Waals surface area contributed by atoms with Gasteiger partial charge in [-0.2, -0.15) is 0 Å². The Morgan fingerprint density at radius 2 is 0.857 bits per heavy atom. The average Bonchev–Trinajstić information content (AvgIpc) is 2.25. The molecule has 0 radical (unpaired) electrons. The zero-order valence-electron chi connectivity index (χ0n) is 15.4. The maximum Gasteiger partial charge on any atom is 0.183 e. The first-order valence-electron chi connectivity index (χ1n) is 7.66. The van der Waals surface area contributed by atoms with Gasteiger partial charge in [0.15, 0.2) is 25.0 Å². The fourth-order valence-electron chi connectivity index (χ4n) is 1.35. The molecule has 0 aromatic heterocycles. The van der Waals surface area contributed by atoms with Crippen LogP contribution in [0.15, 0.2) is 0 Å². The van der Waals surface area contributed by atoms with E-state index in [1.165, 1.54) is 0 Å². The smallest absolute Gasteiger partial charge is 0.183 e. The fourth-order valence-corrected chi connectivity index (χ4v) is 3.80. The van der Waals surface area contributed by atoms with Gasteiger partial charge < -0.3 is 13.3 Å². The van der Waals surface area contributed by atoms with Crippen molar-refractivity contribution in [2.75, 3.05) is 25.7 Å². The molecule has 0 heterocycles. The topological polar surface area (TPSA) is 27.7 Å². The third kappa shape index (κ3) is 12.0. The molecule has 7 heteroatoms. The zero-order chi connectivity index (χ0) is 16.9. The van der Waals surface area contributed by atoms with Gasteiger partial charge in [0.2, 0.25) is 0 Å².